The van der Waals surface area contributed by atoms with E-state index in [-0.39, 0.29) is 5.25 Å². The number of ether oxygens (including phenoxy) is 1. The van der Waals surface area contributed by atoms with Crippen LogP contribution in [0.4, 0.5) is 5.69 Å². The number of carbonyl (C=O) groups excluding carboxylic acids is 1. The molecule has 0 radical (unpaired) electrons. The third-order valence-corrected chi connectivity index (χ3v) is 6.59. The Balaban J connectivity index is 2.96. The summed E-state index contributed by atoms with van der Waals surface area (Å²) < 4.78 is 33.5. The first kappa shape index (κ1) is 21.2. The highest BCUT2D eigenvalue weighted by molar-refractivity contribution is 14.1. The van der Waals surface area contributed by atoms with Gasteiger partial charge < -0.3 is 4.74 Å². The maximum atomic E-state index is 12.7. The monoisotopic (exact) mass is 467 g/mol. The van der Waals surface area contributed by atoms with E-state index in [0.29, 0.717) is 27.7 Å². The van der Waals surface area contributed by atoms with Crippen molar-refractivity contribution in [1.29, 1.82) is 0 Å². The standard InChI is InChI=1S/C17H26INO4S/c1-4-6-8-14(9-7-5-2)24(21,22)19-16-11-10-13(12-15(16)18)17(20)23-3/h10-12,14,19H,4-9H2,1-3H3. The molecule has 1 rings (SSSR count). The number of anilines is 1. The van der Waals surface area contributed by atoms with E-state index in [2.05, 4.69) is 23.3 Å². The number of nitrogens with one attached hydrogen (secondary N) is 1. The summed E-state index contributed by atoms with van der Waals surface area (Å²) in [5, 5.41) is -0.381. The predicted octanol–water partition coefficient (Wildman–Crippen LogP) is 4.57. The molecule has 0 amide bonds. The molecule has 5 nitrogen and oxygen atoms in total. The third-order valence-electron chi connectivity index (χ3n) is 3.84. The van der Waals surface area contributed by atoms with E-state index < -0.39 is 16.0 Å². The first-order chi connectivity index (χ1) is 11.4. The van der Waals surface area contributed by atoms with Crippen LogP contribution in [0.5, 0.6) is 0 Å². The van der Waals surface area contributed by atoms with E-state index in [4.69, 9.17) is 0 Å². The Kier molecular flexibility index (Phi) is 9.04. The van der Waals surface area contributed by atoms with Crippen molar-refractivity contribution in [1.82, 2.24) is 0 Å². The summed E-state index contributed by atoms with van der Waals surface area (Å²) >= 11 is 2.02. The molecule has 0 aliphatic carbocycles. The molecule has 0 atom stereocenters. The number of unbranched alkanes of at least 4 members (excludes halogenated alkanes) is 2. The third kappa shape index (κ3) is 6.23. The van der Waals surface area contributed by atoms with Gasteiger partial charge in [0.2, 0.25) is 10.0 Å². The molecule has 0 saturated heterocycles. The van der Waals surface area contributed by atoms with Crippen molar-refractivity contribution in [3.63, 3.8) is 0 Å². The van der Waals surface area contributed by atoms with Gasteiger partial charge in [-0.05, 0) is 53.6 Å². The SMILES string of the molecule is CCCCC(CCCC)S(=O)(=O)Nc1ccc(C(=O)OC)cc1I. The fourth-order valence-electron chi connectivity index (χ4n) is 2.40. The van der Waals surface area contributed by atoms with E-state index in [1.165, 1.54) is 7.11 Å². The number of esters is 1. The second kappa shape index (κ2) is 10.2. The molecule has 136 valence electrons. The molecule has 0 bridgehead atoms. The molecule has 0 aliphatic rings. The molecule has 0 aromatic heterocycles. The number of hydrogen-bond donors (Lipinski definition) is 1. The highest BCUT2D eigenvalue weighted by Crippen LogP contribution is 2.25. The average Bonchev–Trinajstić information content (AvgIpc) is 2.55. The lowest BCUT2D eigenvalue weighted by molar-refractivity contribution is 0.0600. The smallest absolute Gasteiger partial charge is 0.337 e. The summed E-state index contributed by atoms with van der Waals surface area (Å²) in [5.41, 5.74) is 0.902. The number of halogens is 1. The highest BCUT2D eigenvalue weighted by Gasteiger charge is 2.25. The molecule has 0 unspecified atom stereocenters. The fourth-order valence-corrected chi connectivity index (χ4v) is 4.84. The zero-order chi connectivity index (χ0) is 18.2. The topological polar surface area (TPSA) is 72.5 Å². The lowest BCUT2D eigenvalue weighted by atomic mass is 10.1. The van der Waals surface area contributed by atoms with E-state index in [1.807, 2.05) is 22.6 Å². The number of rotatable bonds is 10. The van der Waals surface area contributed by atoms with Crippen molar-refractivity contribution in [2.24, 2.45) is 0 Å². The summed E-state index contributed by atoms with van der Waals surface area (Å²) in [4.78, 5) is 11.5. The molecular weight excluding hydrogens is 441 g/mol. The minimum absolute atomic E-state index is 0.381. The number of benzene rings is 1. The predicted molar refractivity (Wildman–Crippen MR) is 106 cm³/mol. The van der Waals surface area contributed by atoms with Gasteiger partial charge in [-0.2, -0.15) is 0 Å². The number of carbonyl (C=O) groups is 1. The van der Waals surface area contributed by atoms with Gasteiger partial charge in [-0.25, -0.2) is 13.2 Å². The number of methoxy groups -OCH3 is 1. The van der Waals surface area contributed by atoms with Crippen LogP contribution in [0.1, 0.15) is 62.7 Å². The van der Waals surface area contributed by atoms with Gasteiger partial charge in [0.05, 0.1) is 23.6 Å². The minimum atomic E-state index is -3.45. The lowest BCUT2D eigenvalue weighted by Gasteiger charge is -2.19. The van der Waals surface area contributed by atoms with Gasteiger partial charge in [0.15, 0.2) is 0 Å². The Morgan fingerprint density at radius 2 is 1.79 bits per heavy atom. The van der Waals surface area contributed by atoms with Crippen molar-refractivity contribution >= 4 is 44.3 Å². The Hall–Kier alpha value is -0.830. The first-order valence-corrected chi connectivity index (χ1v) is 10.9. The maximum absolute atomic E-state index is 12.7. The van der Waals surface area contributed by atoms with Crippen LogP contribution in [0.2, 0.25) is 0 Å². The van der Waals surface area contributed by atoms with E-state index in [1.54, 1.807) is 18.2 Å². The van der Waals surface area contributed by atoms with Crippen molar-refractivity contribution in [3.05, 3.63) is 27.3 Å². The summed E-state index contributed by atoms with van der Waals surface area (Å²) in [7, 11) is -2.13. The normalized spacial score (nSPS) is 11.5. The molecule has 0 saturated carbocycles. The Labute approximate surface area is 158 Å². The van der Waals surface area contributed by atoms with Crippen LogP contribution >= 0.6 is 22.6 Å². The van der Waals surface area contributed by atoms with E-state index in [9.17, 15) is 13.2 Å². The van der Waals surface area contributed by atoms with Crippen molar-refractivity contribution in [2.45, 2.75) is 57.6 Å². The summed E-state index contributed by atoms with van der Waals surface area (Å²) in [6.45, 7) is 4.12. The molecule has 1 N–H and O–H groups in total. The van der Waals surface area contributed by atoms with Crippen molar-refractivity contribution < 1.29 is 17.9 Å². The molecule has 0 spiro atoms. The maximum Gasteiger partial charge on any atom is 0.337 e. The van der Waals surface area contributed by atoms with Crippen LogP contribution in [0.25, 0.3) is 0 Å². The van der Waals surface area contributed by atoms with Crippen molar-refractivity contribution in [2.75, 3.05) is 11.8 Å². The van der Waals surface area contributed by atoms with Crippen LogP contribution in [0.3, 0.4) is 0 Å². The number of sulfonamides is 1. The molecule has 1 aromatic carbocycles. The summed E-state index contributed by atoms with van der Waals surface area (Å²) in [5.74, 6) is -0.439. The lowest BCUT2D eigenvalue weighted by Crippen LogP contribution is -2.28. The van der Waals surface area contributed by atoms with Gasteiger partial charge in [0.1, 0.15) is 0 Å². The van der Waals surface area contributed by atoms with Gasteiger partial charge in [-0.3, -0.25) is 4.72 Å². The Morgan fingerprint density at radius 3 is 2.25 bits per heavy atom. The Morgan fingerprint density at radius 1 is 1.21 bits per heavy atom. The van der Waals surface area contributed by atoms with Crippen molar-refractivity contribution in [3.8, 4) is 0 Å². The van der Waals surface area contributed by atoms with Crippen LogP contribution in [-0.4, -0.2) is 26.7 Å². The average molecular weight is 467 g/mol. The number of hydrogen-bond acceptors (Lipinski definition) is 4. The minimum Gasteiger partial charge on any atom is -0.465 e. The van der Waals surface area contributed by atoms with Crippen LogP contribution in [0.15, 0.2) is 18.2 Å². The second-order valence-electron chi connectivity index (χ2n) is 5.74. The molecular formula is C17H26INO4S. The van der Waals surface area contributed by atoms with Gasteiger partial charge in [-0.15, -0.1) is 0 Å². The molecule has 24 heavy (non-hydrogen) atoms. The highest BCUT2D eigenvalue weighted by atomic mass is 127. The van der Waals surface area contributed by atoms with Gasteiger partial charge in [-0.1, -0.05) is 39.5 Å². The van der Waals surface area contributed by atoms with Crippen LogP contribution < -0.4 is 4.72 Å². The summed E-state index contributed by atoms with van der Waals surface area (Å²) in [6, 6.07) is 4.80. The second-order valence-corrected chi connectivity index (χ2v) is 8.86. The summed E-state index contributed by atoms with van der Waals surface area (Å²) in [6.07, 6.45) is 5.08. The first-order valence-electron chi connectivity index (χ1n) is 8.25. The fraction of sp³-hybridized carbons (Fsp3) is 0.588. The van der Waals surface area contributed by atoms with Gasteiger partial charge >= 0.3 is 5.97 Å². The van der Waals surface area contributed by atoms with E-state index in [0.717, 1.165) is 25.7 Å². The van der Waals surface area contributed by atoms with Crippen LogP contribution in [-0.2, 0) is 14.8 Å². The molecule has 1 aromatic rings. The largest absolute Gasteiger partial charge is 0.465 e. The zero-order valence-electron chi connectivity index (χ0n) is 14.5. The zero-order valence-corrected chi connectivity index (χ0v) is 17.4. The van der Waals surface area contributed by atoms with Crippen LogP contribution in [0, 0.1) is 3.57 Å². The van der Waals surface area contributed by atoms with Gasteiger partial charge in [0, 0.05) is 3.57 Å². The quantitative estimate of drug-likeness (QED) is 0.404. The molecule has 0 heterocycles. The Bertz CT molecular complexity index is 638. The molecule has 0 fully saturated rings. The van der Waals surface area contributed by atoms with Gasteiger partial charge in [0.25, 0.3) is 0 Å². The molecule has 0 aliphatic heterocycles. The molecule has 7 heteroatoms. The van der Waals surface area contributed by atoms with E-state index >= 15 is 0 Å².